The molecular formula is C9H20NO5P. The largest absolute Gasteiger partial charge is 0.383 e. The van der Waals surface area contributed by atoms with Crippen molar-refractivity contribution in [2.75, 3.05) is 13.2 Å². The Morgan fingerprint density at radius 3 is 2.50 bits per heavy atom. The van der Waals surface area contributed by atoms with Crippen LogP contribution in [0.3, 0.4) is 0 Å². The van der Waals surface area contributed by atoms with Crippen molar-refractivity contribution in [1.82, 2.24) is 5.32 Å². The second-order valence-electron chi connectivity index (χ2n) is 4.21. The van der Waals surface area contributed by atoms with E-state index in [1.165, 1.54) is 0 Å². The van der Waals surface area contributed by atoms with Gasteiger partial charge in [-0.25, -0.2) is 0 Å². The number of amides is 1. The molecule has 0 heterocycles. The van der Waals surface area contributed by atoms with Gasteiger partial charge in [-0.3, -0.25) is 4.79 Å². The van der Waals surface area contributed by atoms with Crippen LogP contribution in [-0.2, 0) is 9.32 Å². The van der Waals surface area contributed by atoms with Crippen LogP contribution in [0.4, 0.5) is 0 Å². The molecule has 0 aliphatic heterocycles. The van der Waals surface area contributed by atoms with Gasteiger partial charge in [0.15, 0.2) is 0 Å². The van der Waals surface area contributed by atoms with Crippen LogP contribution in [0.1, 0.15) is 27.2 Å². The fourth-order valence-electron chi connectivity index (χ4n) is 1.00. The highest BCUT2D eigenvalue weighted by Gasteiger charge is 2.34. The molecule has 1 unspecified atom stereocenters. The Bertz CT molecular complexity index is 222. The summed E-state index contributed by atoms with van der Waals surface area (Å²) in [6.07, 6.45) is -0.456. The molecule has 0 fully saturated rings. The molecule has 0 rings (SSSR count). The summed E-state index contributed by atoms with van der Waals surface area (Å²) in [4.78, 5) is 28.6. The molecule has 0 saturated carbocycles. The minimum atomic E-state index is -2.46. The molecule has 0 aromatic heterocycles. The van der Waals surface area contributed by atoms with Gasteiger partial charge in [-0.2, -0.15) is 0 Å². The van der Waals surface area contributed by atoms with Crippen LogP contribution >= 0.6 is 8.60 Å². The molecule has 0 spiro atoms. The van der Waals surface area contributed by atoms with Gasteiger partial charge in [-0.15, -0.1) is 0 Å². The molecule has 0 aliphatic rings. The van der Waals surface area contributed by atoms with Gasteiger partial charge in [0, 0.05) is 12.0 Å². The van der Waals surface area contributed by atoms with Crippen molar-refractivity contribution in [3.05, 3.63) is 0 Å². The Morgan fingerprint density at radius 1 is 1.50 bits per heavy atom. The Balaban J connectivity index is 4.21. The lowest BCUT2D eigenvalue weighted by Crippen LogP contribution is -2.45. The maximum absolute atomic E-state index is 11.5. The molecule has 4 N–H and O–H groups in total. The van der Waals surface area contributed by atoms with Crippen molar-refractivity contribution >= 4 is 14.5 Å². The van der Waals surface area contributed by atoms with Crippen LogP contribution in [0.25, 0.3) is 0 Å². The summed E-state index contributed by atoms with van der Waals surface area (Å²) < 4.78 is 4.62. The highest BCUT2D eigenvalue weighted by Crippen LogP contribution is 2.30. The van der Waals surface area contributed by atoms with Crippen LogP contribution in [0, 0.1) is 5.41 Å². The fourth-order valence-corrected chi connectivity index (χ4v) is 1.45. The minimum absolute atomic E-state index is 0.105. The summed E-state index contributed by atoms with van der Waals surface area (Å²) in [7, 11) is -2.46. The summed E-state index contributed by atoms with van der Waals surface area (Å²) in [6.45, 7) is 5.53. The molecular weight excluding hydrogens is 233 g/mol. The van der Waals surface area contributed by atoms with Gasteiger partial charge in [0.25, 0.3) is 0 Å². The first-order valence-electron chi connectivity index (χ1n) is 5.08. The molecule has 1 amide bonds. The quantitative estimate of drug-likeness (QED) is 0.483. The van der Waals surface area contributed by atoms with E-state index >= 15 is 0 Å². The third-order valence-electron chi connectivity index (χ3n) is 2.09. The molecule has 6 nitrogen and oxygen atoms in total. The lowest BCUT2D eigenvalue weighted by atomic mass is 9.87. The monoisotopic (exact) mass is 253 g/mol. The Hall–Kier alpha value is -0.260. The van der Waals surface area contributed by atoms with Crippen LogP contribution in [0.15, 0.2) is 0 Å². The molecule has 1 atom stereocenters. The number of hydrogen-bond acceptors (Lipinski definition) is 5. The van der Waals surface area contributed by atoms with Crippen LogP contribution < -0.4 is 5.32 Å². The Labute approximate surface area is 96.6 Å². The van der Waals surface area contributed by atoms with Crippen LogP contribution in [0.2, 0.25) is 0 Å². The van der Waals surface area contributed by atoms with Gasteiger partial charge in [-0.1, -0.05) is 20.8 Å². The number of rotatable bonds is 7. The third-order valence-corrected chi connectivity index (χ3v) is 2.45. The molecule has 16 heavy (non-hydrogen) atoms. The zero-order chi connectivity index (χ0) is 12.8. The van der Waals surface area contributed by atoms with Gasteiger partial charge in [0.05, 0.1) is 6.61 Å². The standard InChI is InChI=1S/C9H20NO5P/c1-4-5-10-8(12)7(11)9(2,3)6-15-16(13)14/h7,11,13-14H,4-6H2,1-3H3,(H,10,12). The van der Waals surface area contributed by atoms with Crippen molar-refractivity contribution in [3.63, 3.8) is 0 Å². The lowest BCUT2D eigenvalue weighted by molar-refractivity contribution is -0.136. The molecule has 96 valence electrons. The summed E-state index contributed by atoms with van der Waals surface area (Å²) in [5, 5.41) is 12.3. The number of nitrogens with one attached hydrogen (secondary N) is 1. The van der Waals surface area contributed by atoms with Gasteiger partial charge in [0.1, 0.15) is 6.10 Å². The van der Waals surface area contributed by atoms with E-state index in [0.717, 1.165) is 6.42 Å². The highest BCUT2D eigenvalue weighted by molar-refractivity contribution is 7.39. The first-order chi connectivity index (χ1) is 7.31. The Kier molecular flexibility index (Phi) is 7.03. The zero-order valence-corrected chi connectivity index (χ0v) is 10.7. The summed E-state index contributed by atoms with van der Waals surface area (Å²) in [6, 6.07) is 0. The predicted molar refractivity (Wildman–Crippen MR) is 60.4 cm³/mol. The topological polar surface area (TPSA) is 99.0 Å². The van der Waals surface area contributed by atoms with Crippen LogP contribution in [-0.4, -0.2) is 40.1 Å². The molecule has 0 aliphatic carbocycles. The minimum Gasteiger partial charge on any atom is -0.383 e. The third kappa shape index (κ3) is 5.72. The second-order valence-corrected chi connectivity index (χ2v) is 4.97. The summed E-state index contributed by atoms with van der Waals surface area (Å²) >= 11 is 0. The van der Waals surface area contributed by atoms with E-state index in [-0.39, 0.29) is 6.61 Å². The zero-order valence-electron chi connectivity index (χ0n) is 9.80. The van der Waals surface area contributed by atoms with Crippen LogP contribution in [0.5, 0.6) is 0 Å². The SMILES string of the molecule is CCCNC(=O)C(O)C(C)(C)COP(O)O. The van der Waals surface area contributed by atoms with Gasteiger partial charge in [-0.05, 0) is 6.42 Å². The van der Waals surface area contributed by atoms with Crippen molar-refractivity contribution in [2.24, 2.45) is 5.41 Å². The number of carbonyl (C=O) groups is 1. The number of hydrogen-bond donors (Lipinski definition) is 4. The van der Waals surface area contributed by atoms with E-state index in [2.05, 4.69) is 9.84 Å². The van der Waals surface area contributed by atoms with E-state index in [4.69, 9.17) is 9.79 Å². The first-order valence-corrected chi connectivity index (χ1v) is 6.24. The molecule has 0 aromatic rings. The normalized spacial score (nSPS) is 13.9. The molecule has 7 heteroatoms. The van der Waals surface area contributed by atoms with E-state index in [9.17, 15) is 9.90 Å². The van der Waals surface area contributed by atoms with E-state index in [1.54, 1.807) is 13.8 Å². The summed E-state index contributed by atoms with van der Waals surface area (Å²) in [5.41, 5.74) is -0.871. The van der Waals surface area contributed by atoms with Gasteiger partial charge in [0.2, 0.25) is 5.91 Å². The fraction of sp³-hybridized carbons (Fsp3) is 0.889. The van der Waals surface area contributed by atoms with Crippen molar-refractivity contribution in [2.45, 2.75) is 33.3 Å². The number of aliphatic hydroxyl groups excluding tert-OH is 1. The van der Waals surface area contributed by atoms with Crippen molar-refractivity contribution in [1.29, 1.82) is 0 Å². The molecule has 0 saturated heterocycles. The maximum atomic E-state index is 11.5. The predicted octanol–water partition coefficient (Wildman–Crippen LogP) is 0.128. The maximum Gasteiger partial charge on any atom is 0.327 e. The van der Waals surface area contributed by atoms with E-state index in [0.29, 0.717) is 6.54 Å². The van der Waals surface area contributed by atoms with Gasteiger partial charge >= 0.3 is 8.60 Å². The van der Waals surface area contributed by atoms with Crippen molar-refractivity contribution in [3.8, 4) is 0 Å². The smallest absolute Gasteiger partial charge is 0.327 e. The van der Waals surface area contributed by atoms with E-state index < -0.39 is 26.0 Å². The average molecular weight is 253 g/mol. The van der Waals surface area contributed by atoms with E-state index in [1.807, 2.05) is 6.92 Å². The van der Waals surface area contributed by atoms with Crippen molar-refractivity contribution < 1.29 is 24.2 Å². The molecule has 0 bridgehead atoms. The second kappa shape index (κ2) is 7.14. The first kappa shape index (κ1) is 15.7. The lowest BCUT2D eigenvalue weighted by Gasteiger charge is -2.29. The number of aliphatic hydroxyl groups is 1. The molecule has 0 aromatic carbocycles. The Morgan fingerprint density at radius 2 is 2.06 bits per heavy atom. The summed E-state index contributed by atoms with van der Waals surface area (Å²) in [5.74, 6) is -0.476. The van der Waals surface area contributed by atoms with Gasteiger partial charge < -0.3 is 24.7 Å². The molecule has 0 radical (unpaired) electrons. The number of carbonyl (C=O) groups excluding carboxylic acids is 1. The average Bonchev–Trinajstić information content (AvgIpc) is 2.22. The highest BCUT2D eigenvalue weighted by atomic mass is 31.2.